The lowest BCUT2D eigenvalue weighted by Crippen LogP contribution is -2.23. The highest BCUT2D eigenvalue weighted by Gasteiger charge is 2.29. The van der Waals surface area contributed by atoms with E-state index in [9.17, 15) is 9.59 Å². The first-order valence-corrected chi connectivity index (χ1v) is 15.6. The second-order valence-electron chi connectivity index (χ2n) is 11.4. The van der Waals surface area contributed by atoms with Gasteiger partial charge >= 0.3 is 11.9 Å². The van der Waals surface area contributed by atoms with Crippen molar-refractivity contribution in [1.82, 2.24) is 9.97 Å². The van der Waals surface area contributed by atoms with E-state index in [2.05, 4.69) is 58.5 Å². The van der Waals surface area contributed by atoms with Gasteiger partial charge in [0.15, 0.2) is 0 Å². The van der Waals surface area contributed by atoms with Crippen molar-refractivity contribution in [1.29, 1.82) is 0 Å². The van der Waals surface area contributed by atoms with Crippen molar-refractivity contribution in [3.05, 3.63) is 84.2 Å². The molecule has 0 spiro atoms. The molecule has 0 radical (unpaired) electrons. The van der Waals surface area contributed by atoms with Crippen LogP contribution in [0.15, 0.2) is 73.1 Å². The Morgan fingerprint density at radius 2 is 0.976 bits per heavy atom. The van der Waals surface area contributed by atoms with E-state index in [1.165, 1.54) is 21.9 Å². The van der Waals surface area contributed by atoms with E-state index >= 15 is 0 Å². The summed E-state index contributed by atoms with van der Waals surface area (Å²) in [7, 11) is 0. The zero-order valence-corrected chi connectivity index (χ0v) is 24.8. The molecule has 220 valence electrons. The first-order valence-electron chi connectivity index (χ1n) is 15.6. The summed E-state index contributed by atoms with van der Waals surface area (Å²) < 4.78 is 10.3. The van der Waals surface area contributed by atoms with Crippen LogP contribution < -0.4 is 0 Å². The van der Waals surface area contributed by atoms with Gasteiger partial charge in [-0.2, -0.15) is 0 Å². The molecule has 6 nitrogen and oxygen atoms in total. The average molecular weight is 567 g/mol. The number of carbonyl (C=O) groups excluding carboxylic acids is 2. The number of hydrogen-bond acceptors (Lipinski definition) is 6. The number of rotatable bonds is 6. The van der Waals surface area contributed by atoms with E-state index in [0.29, 0.717) is 25.0 Å². The zero-order chi connectivity index (χ0) is 29.3. The first-order chi connectivity index (χ1) is 20.6. The molecule has 2 aromatic carbocycles. The molecule has 6 rings (SSSR count). The Morgan fingerprint density at radius 3 is 1.36 bits per heavy atom. The van der Waals surface area contributed by atoms with Crippen LogP contribution in [0.4, 0.5) is 0 Å². The van der Waals surface area contributed by atoms with Gasteiger partial charge in [0.05, 0.1) is 36.1 Å². The van der Waals surface area contributed by atoms with Crippen LogP contribution in [0.3, 0.4) is 0 Å². The van der Waals surface area contributed by atoms with Crippen LogP contribution in [0.25, 0.3) is 21.8 Å². The van der Waals surface area contributed by atoms with Crippen molar-refractivity contribution < 1.29 is 19.1 Å². The van der Waals surface area contributed by atoms with E-state index in [0.717, 1.165) is 62.4 Å². The molecule has 0 aliphatic heterocycles. The van der Waals surface area contributed by atoms with Gasteiger partial charge in [0.25, 0.3) is 0 Å². The molecule has 0 saturated heterocycles. The molecule has 2 aliphatic carbocycles. The number of hydrogen-bond donors (Lipinski definition) is 0. The van der Waals surface area contributed by atoms with E-state index in [1.54, 1.807) is 0 Å². The molecule has 0 bridgehead atoms. The minimum absolute atomic E-state index is 0.0180. The normalized spacial score (nSPS) is 22.1. The van der Waals surface area contributed by atoms with Crippen molar-refractivity contribution in [3.8, 4) is 0 Å². The number of aromatic nitrogens is 2. The zero-order valence-electron chi connectivity index (χ0n) is 24.8. The van der Waals surface area contributed by atoms with E-state index in [4.69, 9.17) is 9.47 Å². The summed E-state index contributed by atoms with van der Waals surface area (Å²) in [5.74, 6) is 1.21. The minimum Gasteiger partial charge on any atom is -0.466 e. The Kier molecular flexibility index (Phi) is 10.2. The summed E-state index contributed by atoms with van der Waals surface area (Å²) >= 11 is 0. The first kappa shape index (κ1) is 29.7. The van der Waals surface area contributed by atoms with E-state index in [-0.39, 0.29) is 23.8 Å². The number of nitrogens with zero attached hydrogens (tertiary/aromatic N) is 2. The average Bonchev–Trinajstić information content (AvgIpc) is 3.05. The SMILES string of the molecule is CCOC(=O)C1CCC(c2ccnc3ccccc23)CC1.CCOC(=O)C1CCC(c2ccnc3ccccc23)CC1. The Balaban J connectivity index is 0.000000168. The Labute approximate surface area is 248 Å². The Bertz CT molecular complexity index is 1360. The van der Waals surface area contributed by atoms with Crippen LogP contribution in [0, 0.1) is 11.8 Å². The van der Waals surface area contributed by atoms with Crippen molar-refractivity contribution >= 4 is 33.7 Å². The van der Waals surface area contributed by atoms with Crippen molar-refractivity contribution in [2.24, 2.45) is 11.8 Å². The lowest BCUT2D eigenvalue weighted by atomic mass is 9.78. The number of esters is 2. The maximum atomic E-state index is 11.8. The molecule has 2 aliphatic rings. The van der Waals surface area contributed by atoms with Crippen molar-refractivity contribution in [3.63, 3.8) is 0 Å². The van der Waals surface area contributed by atoms with Gasteiger partial charge in [0.2, 0.25) is 0 Å². The minimum atomic E-state index is -0.0180. The van der Waals surface area contributed by atoms with E-state index < -0.39 is 0 Å². The molecular weight excluding hydrogens is 524 g/mol. The summed E-state index contributed by atoms with van der Waals surface area (Å²) in [4.78, 5) is 32.5. The third kappa shape index (κ3) is 6.97. The number of benzene rings is 2. The third-order valence-electron chi connectivity index (χ3n) is 8.94. The van der Waals surface area contributed by atoms with Crippen LogP contribution in [-0.2, 0) is 19.1 Å². The second kappa shape index (κ2) is 14.4. The number of para-hydroxylation sites is 2. The van der Waals surface area contributed by atoms with Crippen LogP contribution >= 0.6 is 0 Å². The van der Waals surface area contributed by atoms with Gasteiger partial charge in [0, 0.05) is 23.2 Å². The molecular formula is C36H42N2O4. The molecule has 42 heavy (non-hydrogen) atoms. The molecule has 2 aromatic heterocycles. The topological polar surface area (TPSA) is 78.4 Å². The molecule has 0 N–H and O–H groups in total. The van der Waals surface area contributed by atoms with Crippen LogP contribution in [0.1, 0.15) is 88.2 Å². The highest BCUT2D eigenvalue weighted by molar-refractivity contribution is 5.83. The van der Waals surface area contributed by atoms with E-state index in [1.807, 2.05) is 38.4 Å². The standard InChI is InChI=1S/2C18H21NO2/c2*1-2-21-18(20)14-9-7-13(8-10-14)15-11-12-19-17-6-4-3-5-16(15)17/h2*3-6,11-14H,2,7-10H2,1H3. The van der Waals surface area contributed by atoms with Gasteiger partial charge in [0.1, 0.15) is 0 Å². The van der Waals surface area contributed by atoms with Gasteiger partial charge in [-0.05, 0) is 112 Å². The third-order valence-corrected chi connectivity index (χ3v) is 8.94. The number of pyridine rings is 2. The quantitative estimate of drug-likeness (QED) is 0.219. The van der Waals surface area contributed by atoms with Gasteiger partial charge < -0.3 is 9.47 Å². The highest BCUT2D eigenvalue weighted by Crippen LogP contribution is 2.39. The fraction of sp³-hybridized carbons (Fsp3) is 0.444. The summed E-state index contributed by atoms with van der Waals surface area (Å²) in [5, 5.41) is 2.50. The molecule has 2 heterocycles. The van der Waals surface area contributed by atoms with Gasteiger partial charge in [-0.3, -0.25) is 19.6 Å². The summed E-state index contributed by atoms with van der Waals surface area (Å²) in [6.07, 6.45) is 11.7. The predicted molar refractivity (Wildman–Crippen MR) is 166 cm³/mol. The highest BCUT2D eigenvalue weighted by atomic mass is 16.5. The fourth-order valence-electron chi connectivity index (χ4n) is 6.75. The van der Waals surface area contributed by atoms with Crippen LogP contribution in [0.5, 0.6) is 0 Å². The molecule has 4 aromatic rings. The van der Waals surface area contributed by atoms with Crippen LogP contribution in [0.2, 0.25) is 0 Å². The molecule has 6 heteroatoms. The molecule has 0 atom stereocenters. The Morgan fingerprint density at radius 1 is 0.595 bits per heavy atom. The molecule has 2 saturated carbocycles. The smallest absolute Gasteiger partial charge is 0.308 e. The maximum absolute atomic E-state index is 11.8. The molecule has 0 unspecified atom stereocenters. The van der Waals surface area contributed by atoms with Crippen molar-refractivity contribution in [2.45, 2.75) is 77.0 Å². The second-order valence-corrected chi connectivity index (χ2v) is 11.4. The Hall–Kier alpha value is -3.80. The largest absolute Gasteiger partial charge is 0.466 e. The summed E-state index contributed by atoms with van der Waals surface area (Å²) in [6, 6.07) is 20.9. The van der Waals surface area contributed by atoms with Crippen molar-refractivity contribution in [2.75, 3.05) is 13.2 Å². The fourth-order valence-corrected chi connectivity index (χ4v) is 6.75. The number of fused-ring (bicyclic) bond motifs is 2. The van der Waals surface area contributed by atoms with Gasteiger partial charge in [-0.1, -0.05) is 36.4 Å². The van der Waals surface area contributed by atoms with Gasteiger partial charge in [-0.25, -0.2) is 0 Å². The molecule has 0 amide bonds. The number of carbonyl (C=O) groups is 2. The molecule has 2 fully saturated rings. The van der Waals surface area contributed by atoms with Gasteiger partial charge in [-0.15, -0.1) is 0 Å². The monoisotopic (exact) mass is 566 g/mol. The summed E-state index contributed by atoms with van der Waals surface area (Å²) in [5.41, 5.74) is 4.87. The summed E-state index contributed by atoms with van der Waals surface area (Å²) in [6.45, 7) is 4.70. The van der Waals surface area contributed by atoms with Crippen LogP contribution in [-0.4, -0.2) is 35.1 Å². The predicted octanol–water partition coefficient (Wildman–Crippen LogP) is 8.14. The lowest BCUT2D eigenvalue weighted by molar-refractivity contribution is -0.150. The maximum Gasteiger partial charge on any atom is 0.308 e. The number of ether oxygens (including phenoxy) is 2. The lowest BCUT2D eigenvalue weighted by Gasteiger charge is -2.28.